The molecule has 0 unspecified atom stereocenters. The first-order chi connectivity index (χ1) is 11.7. The summed E-state index contributed by atoms with van der Waals surface area (Å²) < 4.78 is 0. The van der Waals surface area contributed by atoms with Crippen LogP contribution in [0.3, 0.4) is 0 Å². The quantitative estimate of drug-likeness (QED) is 0.838. The van der Waals surface area contributed by atoms with Gasteiger partial charge in [0.15, 0.2) is 0 Å². The van der Waals surface area contributed by atoms with Crippen molar-refractivity contribution in [1.82, 2.24) is 0 Å². The highest BCUT2D eigenvalue weighted by Crippen LogP contribution is 2.22. The van der Waals surface area contributed by atoms with Gasteiger partial charge >= 0.3 is 0 Å². The van der Waals surface area contributed by atoms with E-state index in [4.69, 9.17) is 11.6 Å². The number of aryl methyl sites for hydroxylation is 1. The molecule has 126 valence electrons. The molecule has 3 nitrogen and oxygen atoms in total. The highest BCUT2D eigenvalue weighted by atomic mass is 35.5. The van der Waals surface area contributed by atoms with Crippen LogP contribution in [0.4, 0.5) is 11.4 Å². The highest BCUT2D eigenvalue weighted by molar-refractivity contribution is 6.30. The Balaban J connectivity index is 1.49. The molecule has 1 aliphatic heterocycles. The lowest BCUT2D eigenvalue weighted by atomic mass is 10.1. The van der Waals surface area contributed by atoms with Gasteiger partial charge in [-0.25, -0.2) is 0 Å². The molecule has 24 heavy (non-hydrogen) atoms. The van der Waals surface area contributed by atoms with Gasteiger partial charge in [-0.2, -0.15) is 0 Å². The van der Waals surface area contributed by atoms with Crippen molar-refractivity contribution in [2.24, 2.45) is 0 Å². The average molecular weight is 343 g/mol. The average Bonchev–Trinajstić information content (AvgIpc) is 2.63. The standard InChI is InChI=1S/C20H23ClN2O/c21-17-7-4-16(5-8-17)6-13-20(24)22-18-9-11-19(12-10-18)23-14-2-1-3-15-23/h4-5,7-12H,1-3,6,13-15H2,(H,22,24). The molecule has 4 heteroatoms. The summed E-state index contributed by atoms with van der Waals surface area (Å²) in [5, 5.41) is 3.69. The summed E-state index contributed by atoms with van der Waals surface area (Å²) in [5.41, 5.74) is 3.22. The minimum absolute atomic E-state index is 0.0377. The number of carbonyl (C=O) groups excluding carboxylic acids is 1. The van der Waals surface area contributed by atoms with Crippen LogP contribution >= 0.6 is 11.6 Å². The molecule has 0 radical (unpaired) electrons. The zero-order valence-electron chi connectivity index (χ0n) is 13.8. The van der Waals surface area contributed by atoms with Gasteiger partial charge < -0.3 is 10.2 Å². The predicted octanol–water partition coefficient (Wildman–Crippen LogP) is 4.90. The number of carbonyl (C=O) groups is 1. The second kappa shape index (κ2) is 8.20. The molecule has 0 aliphatic carbocycles. The molecule has 0 spiro atoms. The first kappa shape index (κ1) is 16.8. The minimum Gasteiger partial charge on any atom is -0.372 e. The highest BCUT2D eigenvalue weighted by Gasteiger charge is 2.11. The van der Waals surface area contributed by atoms with E-state index in [-0.39, 0.29) is 5.91 Å². The van der Waals surface area contributed by atoms with Crippen LogP contribution in [0, 0.1) is 0 Å². The van der Waals surface area contributed by atoms with E-state index in [2.05, 4.69) is 22.3 Å². The fraction of sp³-hybridized carbons (Fsp3) is 0.350. The van der Waals surface area contributed by atoms with Crippen molar-refractivity contribution in [3.63, 3.8) is 0 Å². The summed E-state index contributed by atoms with van der Waals surface area (Å²) in [7, 11) is 0. The zero-order valence-corrected chi connectivity index (χ0v) is 14.6. The minimum atomic E-state index is 0.0377. The third kappa shape index (κ3) is 4.75. The molecule has 1 N–H and O–H groups in total. The molecule has 0 saturated carbocycles. The molecule has 2 aromatic carbocycles. The van der Waals surface area contributed by atoms with Gasteiger partial charge in [-0.1, -0.05) is 23.7 Å². The largest absolute Gasteiger partial charge is 0.372 e. The Morgan fingerprint density at radius 2 is 1.62 bits per heavy atom. The van der Waals surface area contributed by atoms with E-state index in [1.165, 1.54) is 24.9 Å². The Bertz CT molecular complexity index is 661. The third-order valence-electron chi connectivity index (χ3n) is 4.43. The Morgan fingerprint density at radius 1 is 0.958 bits per heavy atom. The van der Waals surface area contributed by atoms with Crippen LogP contribution in [0.1, 0.15) is 31.2 Å². The van der Waals surface area contributed by atoms with Crippen molar-refractivity contribution in [3.05, 3.63) is 59.1 Å². The van der Waals surface area contributed by atoms with Gasteiger partial charge in [0.2, 0.25) is 5.91 Å². The number of benzene rings is 2. The maximum absolute atomic E-state index is 12.1. The number of piperidine rings is 1. The smallest absolute Gasteiger partial charge is 0.224 e. The molecule has 1 fully saturated rings. The summed E-state index contributed by atoms with van der Waals surface area (Å²) in [6.45, 7) is 2.26. The number of hydrogen-bond donors (Lipinski definition) is 1. The Labute approximate surface area is 148 Å². The second-order valence-corrected chi connectivity index (χ2v) is 6.71. The van der Waals surface area contributed by atoms with Crippen LogP contribution in [0.2, 0.25) is 5.02 Å². The van der Waals surface area contributed by atoms with Gasteiger partial charge in [-0.05, 0) is 67.6 Å². The van der Waals surface area contributed by atoms with Crippen molar-refractivity contribution < 1.29 is 4.79 Å². The van der Waals surface area contributed by atoms with Crippen molar-refractivity contribution in [3.8, 4) is 0 Å². The fourth-order valence-electron chi connectivity index (χ4n) is 3.04. The normalized spacial score (nSPS) is 14.5. The molecule has 0 aromatic heterocycles. The summed E-state index contributed by atoms with van der Waals surface area (Å²) in [4.78, 5) is 14.5. The van der Waals surface area contributed by atoms with E-state index >= 15 is 0 Å². The van der Waals surface area contributed by atoms with Gasteiger partial charge in [-0.15, -0.1) is 0 Å². The molecule has 2 aromatic rings. The third-order valence-corrected chi connectivity index (χ3v) is 4.68. The van der Waals surface area contributed by atoms with Gasteiger partial charge in [-0.3, -0.25) is 4.79 Å². The van der Waals surface area contributed by atoms with Crippen LogP contribution in [0.25, 0.3) is 0 Å². The van der Waals surface area contributed by atoms with Crippen LogP contribution in [0.15, 0.2) is 48.5 Å². The van der Waals surface area contributed by atoms with Crippen LogP contribution in [0.5, 0.6) is 0 Å². The number of anilines is 2. The number of rotatable bonds is 5. The van der Waals surface area contributed by atoms with Gasteiger partial charge in [0.1, 0.15) is 0 Å². The summed E-state index contributed by atoms with van der Waals surface area (Å²) in [5.74, 6) is 0.0377. The number of hydrogen-bond acceptors (Lipinski definition) is 2. The molecule has 1 amide bonds. The summed E-state index contributed by atoms with van der Waals surface area (Å²) >= 11 is 5.87. The number of nitrogens with one attached hydrogen (secondary N) is 1. The van der Waals surface area contributed by atoms with Crippen molar-refractivity contribution >= 4 is 28.9 Å². The Kier molecular flexibility index (Phi) is 5.76. The lowest BCUT2D eigenvalue weighted by Crippen LogP contribution is -2.29. The molecule has 3 rings (SSSR count). The van der Waals surface area contributed by atoms with E-state index in [1.807, 2.05) is 36.4 Å². The van der Waals surface area contributed by atoms with E-state index in [9.17, 15) is 4.79 Å². The maximum atomic E-state index is 12.1. The molecular weight excluding hydrogens is 320 g/mol. The van der Waals surface area contributed by atoms with Crippen LogP contribution < -0.4 is 10.2 Å². The van der Waals surface area contributed by atoms with Gasteiger partial charge in [0.25, 0.3) is 0 Å². The van der Waals surface area contributed by atoms with E-state index in [0.717, 1.165) is 35.8 Å². The van der Waals surface area contributed by atoms with Gasteiger partial charge in [0, 0.05) is 35.9 Å². The van der Waals surface area contributed by atoms with Crippen molar-refractivity contribution in [2.45, 2.75) is 32.1 Å². The van der Waals surface area contributed by atoms with Gasteiger partial charge in [0.05, 0.1) is 0 Å². The molecule has 1 heterocycles. The first-order valence-corrected chi connectivity index (χ1v) is 8.98. The van der Waals surface area contributed by atoms with E-state index in [0.29, 0.717) is 6.42 Å². The number of amides is 1. The van der Waals surface area contributed by atoms with Crippen LogP contribution in [-0.2, 0) is 11.2 Å². The summed E-state index contributed by atoms with van der Waals surface area (Å²) in [6.07, 6.45) is 5.05. The SMILES string of the molecule is O=C(CCc1ccc(Cl)cc1)Nc1ccc(N2CCCCC2)cc1. The molecule has 1 aliphatic rings. The van der Waals surface area contributed by atoms with Crippen molar-refractivity contribution in [1.29, 1.82) is 0 Å². The van der Waals surface area contributed by atoms with E-state index < -0.39 is 0 Å². The van der Waals surface area contributed by atoms with Crippen molar-refractivity contribution in [2.75, 3.05) is 23.3 Å². The topological polar surface area (TPSA) is 32.3 Å². The van der Waals surface area contributed by atoms with E-state index in [1.54, 1.807) is 0 Å². The molecule has 1 saturated heterocycles. The number of halogens is 1. The Hall–Kier alpha value is -2.00. The molecule has 0 atom stereocenters. The maximum Gasteiger partial charge on any atom is 0.224 e. The first-order valence-electron chi connectivity index (χ1n) is 8.60. The lowest BCUT2D eigenvalue weighted by molar-refractivity contribution is -0.116. The summed E-state index contributed by atoms with van der Waals surface area (Å²) in [6, 6.07) is 15.8. The lowest BCUT2D eigenvalue weighted by Gasteiger charge is -2.28. The molecular formula is C20H23ClN2O. The second-order valence-electron chi connectivity index (χ2n) is 6.27. The number of nitrogens with zero attached hydrogens (tertiary/aromatic N) is 1. The predicted molar refractivity (Wildman–Crippen MR) is 101 cm³/mol. The van der Waals surface area contributed by atoms with Crippen LogP contribution in [-0.4, -0.2) is 19.0 Å². The molecule has 0 bridgehead atoms. The monoisotopic (exact) mass is 342 g/mol. The fourth-order valence-corrected chi connectivity index (χ4v) is 3.17. The zero-order chi connectivity index (χ0) is 16.8. The Morgan fingerprint density at radius 3 is 2.29 bits per heavy atom.